The van der Waals surface area contributed by atoms with Crippen LogP contribution in [0.2, 0.25) is 0 Å². The van der Waals surface area contributed by atoms with Crippen LogP contribution in [0.15, 0.2) is 36.8 Å². The average molecular weight is 258 g/mol. The summed E-state index contributed by atoms with van der Waals surface area (Å²) in [5.74, 6) is 1.43. The van der Waals surface area contributed by atoms with Gasteiger partial charge in [0.2, 0.25) is 4.77 Å². The van der Waals surface area contributed by atoms with E-state index in [9.17, 15) is 0 Å². The van der Waals surface area contributed by atoms with Crippen LogP contribution in [0.25, 0.3) is 17.2 Å². The summed E-state index contributed by atoms with van der Waals surface area (Å²) in [6, 6.07) is 5.67. The second-order valence-electron chi connectivity index (χ2n) is 3.78. The highest BCUT2D eigenvalue weighted by molar-refractivity contribution is 7.71. The van der Waals surface area contributed by atoms with Crippen molar-refractivity contribution < 1.29 is 0 Å². The van der Waals surface area contributed by atoms with Crippen LogP contribution in [0.5, 0.6) is 0 Å². The molecule has 18 heavy (non-hydrogen) atoms. The summed E-state index contributed by atoms with van der Waals surface area (Å²) in [6.07, 6.45) is 5.32. The largest absolute Gasteiger partial charge is 0.274 e. The Kier molecular flexibility index (Phi) is 2.52. The average Bonchev–Trinajstić information content (AvgIpc) is 2.96. The fourth-order valence-corrected chi connectivity index (χ4v) is 1.95. The van der Waals surface area contributed by atoms with E-state index in [2.05, 4.69) is 20.3 Å². The van der Waals surface area contributed by atoms with E-state index >= 15 is 0 Å². The standard InChI is InChI=1S/C11H10N6S/c1-16-6-4-9(15-16)17-10(13-14-11(17)18)8-3-2-5-12-7-8/h2-7H,1H3,(H,14,18). The molecule has 3 heterocycles. The normalized spacial score (nSPS) is 10.7. The van der Waals surface area contributed by atoms with Crippen molar-refractivity contribution >= 4 is 12.2 Å². The zero-order valence-corrected chi connectivity index (χ0v) is 10.4. The van der Waals surface area contributed by atoms with Gasteiger partial charge in [-0.1, -0.05) is 0 Å². The molecule has 0 radical (unpaired) electrons. The van der Waals surface area contributed by atoms with Gasteiger partial charge in [0.25, 0.3) is 0 Å². The van der Waals surface area contributed by atoms with Crippen molar-refractivity contribution in [2.24, 2.45) is 7.05 Å². The Morgan fingerprint density at radius 1 is 1.33 bits per heavy atom. The van der Waals surface area contributed by atoms with E-state index in [0.29, 0.717) is 10.6 Å². The second kappa shape index (κ2) is 4.19. The van der Waals surface area contributed by atoms with Gasteiger partial charge < -0.3 is 0 Å². The molecule has 0 spiro atoms. The molecule has 6 nitrogen and oxygen atoms in total. The smallest absolute Gasteiger partial charge is 0.201 e. The number of hydrogen-bond donors (Lipinski definition) is 1. The monoisotopic (exact) mass is 258 g/mol. The Bertz CT molecular complexity index is 723. The van der Waals surface area contributed by atoms with Crippen LogP contribution in [0.4, 0.5) is 0 Å². The molecule has 0 bridgehead atoms. The number of H-pyrrole nitrogens is 1. The topological polar surface area (TPSA) is 64.3 Å². The number of hydrogen-bond acceptors (Lipinski definition) is 4. The first-order valence-corrected chi connectivity index (χ1v) is 5.74. The molecule has 1 N–H and O–H groups in total. The van der Waals surface area contributed by atoms with Crippen molar-refractivity contribution in [2.75, 3.05) is 0 Å². The van der Waals surface area contributed by atoms with Gasteiger partial charge in [0.05, 0.1) is 0 Å². The highest BCUT2D eigenvalue weighted by atomic mass is 32.1. The summed E-state index contributed by atoms with van der Waals surface area (Å²) in [5, 5.41) is 11.3. The number of pyridine rings is 1. The molecular formula is C11H10N6S. The zero-order valence-electron chi connectivity index (χ0n) is 9.61. The number of aromatic nitrogens is 6. The van der Waals surface area contributed by atoms with E-state index in [0.717, 1.165) is 11.4 Å². The predicted molar refractivity (Wildman–Crippen MR) is 68.7 cm³/mol. The number of nitrogens with one attached hydrogen (secondary N) is 1. The summed E-state index contributed by atoms with van der Waals surface area (Å²) in [7, 11) is 1.86. The van der Waals surface area contributed by atoms with E-state index in [1.54, 1.807) is 21.6 Å². The van der Waals surface area contributed by atoms with Crippen molar-refractivity contribution in [3.8, 4) is 17.2 Å². The van der Waals surface area contributed by atoms with E-state index in [1.165, 1.54) is 0 Å². The SMILES string of the molecule is Cn1ccc(-n2c(-c3cccnc3)n[nH]c2=S)n1. The van der Waals surface area contributed by atoms with Crippen LogP contribution in [-0.4, -0.2) is 29.5 Å². The minimum Gasteiger partial charge on any atom is -0.274 e. The second-order valence-corrected chi connectivity index (χ2v) is 4.16. The van der Waals surface area contributed by atoms with Crippen molar-refractivity contribution in [3.05, 3.63) is 41.6 Å². The van der Waals surface area contributed by atoms with E-state index < -0.39 is 0 Å². The molecule has 7 heteroatoms. The van der Waals surface area contributed by atoms with Crippen LogP contribution < -0.4 is 0 Å². The maximum Gasteiger partial charge on any atom is 0.201 e. The molecule has 0 aliphatic carbocycles. The van der Waals surface area contributed by atoms with E-state index in [4.69, 9.17) is 12.2 Å². The number of aryl methyl sites for hydroxylation is 1. The molecule has 0 atom stereocenters. The zero-order chi connectivity index (χ0) is 12.5. The van der Waals surface area contributed by atoms with Crippen molar-refractivity contribution in [1.82, 2.24) is 29.5 Å². The Hall–Kier alpha value is -2.28. The van der Waals surface area contributed by atoms with Gasteiger partial charge >= 0.3 is 0 Å². The minimum absolute atomic E-state index is 0.507. The molecule has 0 aromatic carbocycles. The highest BCUT2D eigenvalue weighted by Crippen LogP contribution is 2.19. The van der Waals surface area contributed by atoms with E-state index in [1.807, 2.05) is 31.4 Å². The van der Waals surface area contributed by atoms with Gasteiger partial charge in [-0.05, 0) is 24.4 Å². The lowest BCUT2D eigenvalue weighted by atomic mass is 10.3. The van der Waals surface area contributed by atoms with Gasteiger partial charge in [-0.15, -0.1) is 0 Å². The van der Waals surface area contributed by atoms with Crippen LogP contribution in [0.3, 0.4) is 0 Å². The minimum atomic E-state index is 0.507. The first kappa shape index (κ1) is 10.8. The molecule has 0 aliphatic heterocycles. The Morgan fingerprint density at radius 2 is 2.22 bits per heavy atom. The van der Waals surface area contributed by atoms with Crippen LogP contribution in [-0.2, 0) is 7.05 Å². The predicted octanol–water partition coefficient (Wildman–Crippen LogP) is 1.73. The maximum absolute atomic E-state index is 5.24. The summed E-state index contributed by atoms with van der Waals surface area (Å²) < 4.78 is 4.01. The third-order valence-corrected chi connectivity index (χ3v) is 2.79. The van der Waals surface area contributed by atoms with Gasteiger partial charge in [0, 0.05) is 37.3 Å². The van der Waals surface area contributed by atoms with Gasteiger partial charge in [0.1, 0.15) is 0 Å². The quantitative estimate of drug-likeness (QED) is 0.711. The molecule has 0 saturated carbocycles. The van der Waals surface area contributed by atoms with Crippen LogP contribution in [0.1, 0.15) is 0 Å². The molecule has 0 unspecified atom stereocenters. The first-order chi connectivity index (χ1) is 8.75. The first-order valence-electron chi connectivity index (χ1n) is 5.33. The molecule has 0 saturated heterocycles. The summed E-state index contributed by atoms with van der Waals surface area (Å²) in [5.41, 5.74) is 0.885. The molecule has 3 rings (SSSR count). The third-order valence-electron chi connectivity index (χ3n) is 2.52. The van der Waals surface area contributed by atoms with Gasteiger partial charge in [-0.3, -0.25) is 14.8 Å². The Labute approximate surface area is 108 Å². The molecule has 3 aromatic heterocycles. The highest BCUT2D eigenvalue weighted by Gasteiger charge is 2.12. The maximum atomic E-state index is 5.24. The van der Waals surface area contributed by atoms with Crippen molar-refractivity contribution in [2.45, 2.75) is 0 Å². The van der Waals surface area contributed by atoms with Crippen molar-refractivity contribution in [1.29, 1.82) is 0 Å². The fraction of sp³-hybridized carbons (Fsp3) is 0.0909. The Morgan fingerprint density at radius 3 is 2.89 bits per heavy atom. The van der Waals surface area contributed by atoms with Gasteiger partial charge in [0.15, 0.2) is 11.6 Å². The van der Waals surface area contributed by atoms with Crippen LogP contribution in [0, 0.1) is 4.77 Å². The number of rotatable bonds is 2. The molecule has 0 aliphatic rings. The van der Waals surface area contributed by atoms with E-state index in [-0.39, 0.29) is 0 Å². The Balaban J connectivity index is 2.22. The van der Waals surface area contributed by atoms with Gasteiger partial charge in [-0.25, -0.2) is 4.57 Å². The lowest BCUT2D eigenvalue weighted by molar-refractivity contribution is 0.750. The number of nitrogens with zero attached hydrogens (tertiary/aromatic N) is 5. The third kappa shape index (κ3) is 1.74. The van der Waals surface area contributed by atoms with Crippen molar-refractivity contribution in [3.63, 3.8) is 0 Å². The number of aromatic amines is 1. The molecule has 0 fully saturated rings. The molecule has 3 aromatic rings. The molecular weight excluding hydrogens is 248 g/mol. The molecule has 0 amide bonds. The lowest BCUT2D eigenvalue weighted by Crippen LogP contribution is -2.00. The van der Waals surface area contributed by atoms with Crippen LogP contribution >= 0.6 is 12.2 Å². The summed E-state index contributed by atoms with van der Waals surface area (Å²) in [4.78, 5) is 4.08. The summed E-state index contributed by atoms with van der Waals surface area (Å²) in [6.45, 7) is 0. The molecule has 90 valence electrons. The van der Waals surface area contributed by atoms with Gasteiger partial charge in [-0.2, -0.15) is 10.2 Å². The lowest BCUT2D eigenvalue weighted by Gasteiger charge is -2.02. The fourth-order valence-electron chi connectivity index (χ4n) is 1.72. The summed E-state index contributed by atoms with van der Waals surface area (Å²) >= 11 is 5.24.